The molecule has 140 valence electrons. The monoisotopic (exact) mass is 485 g/mol. The van der Waals surface area contributed by atoms with Gasteiger partial charge in [0.25, 0.3) is 0 Å². The molecule has 0 aliphatic carbocycles. The van der Waals surface area contributed by atoms with E-state index in [4.69, 9.17) is 0 Å². The van der Waals surface area contributed by atoms with E-state index < -0.39 is 9.84 Å². The third-order valence-corrected chi connectivity index (χ3v) is 5.91. The zero-order valence-electron chi connectivity index (χ0n) is 14.8. The quantitative estimate of drug-likeness (QED) is 0.402. The summed E-state index contributed by atoms with van der Waals surface area (Å²) in [6.07, 6.45) is 0.975. The molecular weight excluding hydrogens is 461 g/mol. The first-order valence-electron chi connectivity index (χ1n) is 8.53. The zero-order chi connectivity index (χ0) is 17.7. The summed E-state index contributed by atoms with van der Waals surface area (Å²) in [7, 11) is -3.31. The summed E-state index contributed by atoms with van der Waals surface area (Å²) in [4.78, 5) is 7.04. The summed E-state index contributed by atoms with van der Waals surface area (Å²) in [6, 6.07) is 16.8. The van der Waals surface area contributed by atoms with E-state index in [0.717, 1.165) is 31.2 Å². The molecule has 5 nitrogen and oxygen atoms in total. The van der Waals surface area contributed by atoms with Gasteiger partial charge in [-0.25, -0.2) is 8.42 Å². The Bertz CT molecular complexity index is 854. The summed E-state index contributed by atoms with van der Waals surface area (Å²) in [6.45, 7) is 3.84. The van der Waals surface area contributed by atoms with E-state index in [1.54, 1.807) is 24.3 Å². The number of aliphatic imine (C=N–C) groups is 1. The molecule has 0 aromatic heterocycles. The number of nitrogens with zero attached hydrogens (tertiary/aromatic N) is 2. The van der Waals surface area contributed by atoms with Crippen molar-refractivity contribution < 1.29 is 8.42 Å². The molecule has 0 saturated heterocycles. The van der Waals surface area contributed by atoms with Gasteiger partial charge in [0.05, 0.1) is 17.2 Å². The van der Waals surface area contributed by atoms with Crippen LogP contribution in [0.4, 0.5) is 5.69 Å². The highest BCUT2D eigenvalue weighted by molar-refractivity contribution is 14.0. The number of benzene rings is 2. The highest BCUT2D eigenvalue weighted by Crippen LogP contribution is 2.27. The Kier molecular flexibility index (Phi) is 7.45. The van der Waals surface area contributed by atoms with Crippen molar-refractivity contribution in [2.45, 2.75) is 18.2 Å². The first-order valence-corrected chi connectivity index (χ1v) is 10.2. The first-order chi connectivity index (χ1) is 12.1. The number of sulfone groups is 1. The number of para-hydroxylation sites is 1. The molecule has 0 fully saturated rings. The van der Waals surface area contributed by atoms with Crippen LogP contribution in [-0.4, -0.2) is 39.8 Å². The smallest absolute Gasteiger partial charge is 0.198 e. The minimum atomic E-state index is -3.31. The lowest BCUT2D eigenvalue weighted by molar-refractivity contribution is 0.596. The molecule has 1 N–H and O–H groups in total. The van der Waals surface area contributed by atoms with Crippen LogP contribution in [0, 0.1) is 0 Å². The number of halogens is 1. The molecule has 1 heterocycles. The van der Waals surface area contributed by atoms with Crippen LogP contribution in [0.5, 0.6) is 0 Å². The topological polar surface area (TPSA) is 61.8 Å². The van der Waals surface area contributed by atoms with Crippen LogP contribution < -0.4 is 10.2 Å². The Morgan fingerprint density at radius 2 is 1.81 bits per heavy atom. The standard InChI is InChI=1S/C19H23N3O2S.HI/c1-2-20-19(22-14-12-16-8-6-7-11-18(16)22)21-13-15-25(23,24)17-9-4-3-5-10-17;/h3-11H,2,12-15H2,1H3,(H,20,21);1H. The van der Waals surface area contributed by atoms with Gasteiger partial charge in [-0.2, -0.15) is 0 Å². The van der Waals surface area contributed by atoms with E-state index in [1.165, 1.54) is 5.56 Å². The van der Waals surface area contributed by atoms with E-state index in [1.807, 2.05) is 25.1 Å². The Balaban J connectivity index is 0.00000243. The molecule has 0 bridgehead atoms. The average molecular weight is 485 g/mol. The predicted octanol–water partition coefficient (Wildman–Crippen LogP) is 3.11. The minimum absolute atomic E-state index is 0. The summed E-state index contributed by atoms with van der Waals surface area (Å²) in [5.74, 6) is 0.747. The Hall–Kier alpha value is -1.61. The van der Waals surface area contributed by atoms with Gasteiger partial charge in [0, 0.05) is 18.8 Å². The van der Waals surface area contributed by atoms with E-state index in [2.05, 4.69) is 27.3 Å². The second kappa shape index (κ2) is 9.36. The van der Waals surface area contributed by atoms with E-state index in [-0.39, 0.29) is 36.3 Å². The normalized spacial score (nSPS) is 13.9. The largest absolute Gasteiger partial charge is 0.356 e. The number of guanidine groups is 1. The van der Waals surface area contributed by atoms with Crippen molar-refractivity contribution >= 4 is 45.5 Å². The zero-order valence-corrected chi connectivity index (χ0v) is 17.9. The molecule has 0 spiro atoms. The Morgan fingerprint density at radius 1 is 1.12 bits per heavy atom. The van der Waals surface area contributed by atoms with Crippen LogP contribution in [-0.2, 0) is 16.3 Å². The van der Waals surface area contributed by atoms with Crippen LogP contribution in [0.1, 0.15) is 12.5 Å². The maximum Gasteiger partial charge on any atom is 0.198 e. The van der Waals surface area contributed by atoms with Gasteiger partial charge >= 0.3 is 0 Å². The van der Waals surface area contributed by atoms with Gasteiger partial charge in [-0.15, -0.1) is 24.0 Å². The number of rotatable bonds is 5. The van der Waals surface area contributed by atoms with Gasteiger partial charge < -0.3 is 10.2 Å². The number of hydrogen-bond donors (Lipinski definition) is 1. The Morgan fingerprint density at radius 3 is 2.54 bits per heavy atom. The van der Waals surface area contributed by atoms with Crippen molar-refractivity contribution in [1.29, 1.82) is 0 Å². The molecule has 0 atom stereocenters. The fraction of sp³-hybridized carbons (Fsp3) is 0.316. The fourth-order valence-corrected chi connectivity index (χ4v) is 4.11. The molecule has 7 heteroatoms. The molecule has 0 amide bonds. The summed E-state index contributed by atoms with van der Waals surface area (Å²) >= 11 is 0. The first kappa shape index (κ1) is 20.7. The molecule has 1 aliphatic heterocycles. The second-order valence-corrected chi connectivity index (χ2v) is 8.01. The third kappa shape index (κ3) is 4.76. The average Bonchev–Trinajstić information content (AvgIpc) is 3.06. The molecule has 2 aromatic rings. The molecule has 3 rings (SSSR count). The van der Waals surface area contributed by atoms with Crippen molar-refractivity contribution in [3.8, 4) is 0 Å². The highest BCUT2D eigenvalue weighted by Gasteiger charge is 2.22. The number of nitrogens with one attached hydrogen (secondary N) is 1. The maximum absolute atomic E-state index is 12.4. The van der Waals surface area contributed by atoms with E-state index in [0.29, 0.717) is 4.90 Å². The molecule has 1 aliphatic rings. The summed E-state index contributed by atoms with van der Waals surface area (Å²) in [5.41, 5.74) is 2.44. The highest BCUT2D eigenvalue weighted by atomic mass is 127. The SMILES string of the molecule is CCNC(=NCCS(=O)(=O)c1ccccc1)N1CCc2ccccc21.I. The van der Waals surface area contributed by atoms with Gasteiger partial charge in [0.1, 0.15) is 0 Å². The fourth-order valence-electron chi connectivity index (χ4n) is 2.97. The third-order valence-electron chi connectivity index (χ3n) is 4.20. The van der Waals surface area contributed by atoms with Crippen molar-refractivity contribution in [1.82, 2.24) is 5.32 Å². The van der Waals surface area contributed by atoms with Crippen LogP contribution in [0.2, 0.25) is 0 Å². The molecule has 2 aromatic carbocycles. The number of fused-ring (bicyclic) bond motifs is 1. The van der Waals surface area contributed by atoms with E-state index in [9.17, 15) is 8.42 Å². The van der Waals surface area contributed by atoms with Gasteiger partial charge in [-0.05, 0) is 37.1 Å². The van der Waals surface area contributed by atoms with Crippen molar-refractivity contribution in [3.05, 3.63) is 60.2 Å². The summed E-state index contributed by atoms with van der Waals surface area (Å²) < 4.78 is 24.8. The van der Waals surface area contributed by atoms with Crippen molar-refractivity contribution in [2.75, 3.05) is 30.3 Å². The lowest BCUT2D eigenvalue weighted by Crippen LogP contribution is -2.40. The van der Waals surface area contributed by atoms with Gasteiger partial charge in [-0.1, -0.05) is 36.4 Å². The van der Waals surface area contributed by atoms with Crippen LogP contribution in [0.15, 0.2) is 64.5 Å². The lowest BCUT2D eigenvalue weighted by Gasteiger charge is -2.22. The van der Waals surface area contributed by atoms with Gasteiger partial charge in [-0.3, -0.25) is 4.99 Å². The molecule has 0 saturated carbocycles. The maximum atomic E-state index is 12.4. The molecule has 26 heavy (non-hydrogen) atoms. The lowest BCUT2D eigenvalue weighted by atomic mass is 10.2. The molecule has 0 radical (unpaired) electrons. The number of hydrogen-bond acceptors (Lipinski definition) is 3. The van der Waals surface area contributed by atoms with Crippen LogP contribution >= 0.6 is 24.0 Å². The van der Waals surface area contributed by atoms with E-state index >= 15 is 0 Å². The van der Waals surface area contributed by atoms with Gasteiger partial charge in [0.15, 0.2) is 15.8 Å². The molecule has 0 unspecified atom stereocenters. The van der Waals surface area contributed by atoms with Crippen LogP contribution in [0.3, 0.4) is 0 Å². The number of anilines is 1. The van der Waals surface area contributed by atoms with Crippen LogP contribution in [0.25, 0.3) is 0 Å². The Labute approximate surface area is 172 Å². The second-order valence-electron chi connectivity index (χ2n) is 5.90. The van der Waals surface area contributed by atoms with Crippen molar-refractivity contribution in [2.24, 2.45) is 4.99 Å². The predicted molar refractivity (Wildman–Crippen MR) is 117 cm³/mol. The van der Waals surface area contributed by atoms with Crippen molar-refractivity contribution in [3.63, 3.8) is 0 Å². The van der Waals surface area contributed by atoms with Gasteiger partial charge in [0.2, 0.25) is 0 Å². The summed E-state index contributed by atoms with van der Waals surface area (Å²) in [5, 5.41) is 3.27. The molecular formula is C19H24IN3O2S. The minimum Gasteiger partial charge on any atom is -0.356 e.